The lowest BCUT2D eigenvalue weighted by atomic mass is 10.0. The SMILES string of the molecule is CCN(Cc1cccc(NC(=O)CCC2CCNC2)c1)C(=O)C(F)(F)F. The highest BCUT2D eigenvalue weighted by molar-refractivity contribution is 5.90. The summed E-state index contributed by atoms with van der Waals surface area (Å²) in [5, 5.41) is 6.02. The Morgan fingerprint density at radius 2 is 2.12 bits per heavy atom. The number of hydrogen-bond donors (Lipinski definition) is 2. The van der Waals surface area contributed by atoms with Crippen molar-refractivity contribution in [2.24, 2.45) is 5.92 Å². The van der Waals surface area contributed by atoms with E-state index in [9.17, 15) is 22.8 Å². The molecule has 0 aromatic heterocycles. The molecular weight excluding hydrogens is 347 g/mol. The van der Waals surface area contributed by atoms with Crippen LogP contribution >= 0.6 is 0 Å². The maximum absolute atomic E-state index is 12.6. The third-order valence-electron chi connectivity index (χ3n) is 4.44. The molecule has 0 saturated carbocycles. The van der Waals surface area contributed by atoms with Crippen LogP contribution in [0.15, 0.2) is 24.3 Å². The van der Waals surface area contributed by atoms with Crippen LogP contribution in [-0.4, -0.2) is 42.5 Å². The van der Waals surface area contributed by atoms with E-state index < -0.39 is 12.1 Å². The van der Waals surface area contributed by atoms with Crippen LogP contribution in [-0.2, 0) is 16.1 Å². The Bertz CT molecular complexity index is 628. The van der Waals surface area contributed by atoms with E-state index in [-0.39, 0.29) is 19.0 Å². The Balaban J connectivity index is 1.91. The number of amides is 2. The van der Waals surface area contributed by atoms with E-state index in [4.69, 9.17) is 0 Å². The number of carbonyl (C=O) groups is 2. The summed E-state index contributed by atoms with van der Waals surface area (Å²) in [5.41, 5.74) is 1.05. The lowest BCUT2D eigenvalue weighted by Gasteiger charge is -2.22. The number of hydrogen-bond acceptors (Lipinski definition) is 3. The van der Waals surface area contributed by atoms with Gasteiger partial charge in [0, 0.05) is 25.2 Å². The minimum Gasteiger partial charge on any atom is -0.331 e. The maximum Gasteiger partial charge on any atom is 0.471 e. The molecule has 1 fully saturated rings. The molecule has 0 aliphatic carbocycles. The molecule has 0 bridgehead atoms. The van der Waals surface area contributed by atoms with Crippen molar-refractivity contribution >= 4 is 17.5 Å². The molecule has 1 aromatic carbocycles. The van der Waals surface area contributed by atoms with Gasteiger partial charge in [0.2, 0.25) is 5.91 Å². The number of rotatable bonds is 7. The van der Waals surface area contributed by atoms with E-state index in [0.717, 1.165) is 30.8 Å². The Morgan fingerprint density at radius 3 is 2.73 bits per heavy atom. The second kappa shape index (κ2) is 9.02. The van der Waals surface area contributed by atoms with Gasteiger partial charge in [0.1, 0.15) is 0 Å². The van der Waals surface area contributed by atoms with Crippen LogP contribution in [0.4, 0.5) is 18.9 Å². The number of benzene rings is 1. The fraction of sp³-hybridized carbons (Fsp3) is 0.556. The minimum absolute atomic E-state index is 0.0512. The molecule has 1 aliphatic rings. The van der Waals surface area contributed by atoms with Crippen molar-refractivity contribution < 1.29 is 22.8 Å². The van der Waals surface area contributed by atoms with Gasteiger partial charge < -0.3 is 15.5 Å². The van der Waals surface area contributed by atoms with Gasteiger partial charge in [-0.25, -0.2) is 0 Å². The lowest BCUT2D eigenvalue weighted by Crippen LogP contribution is -2.40. The van der Waals surface area contributed by atoms with Gasteiger partial charge in [0.15, 0.2) is 0 Å². The first-order valence-corrected chi connectivity index (χ1v) is 8.75. The number of carbonyl (C=O) groups excluding carboxylic acids is 2. The van der Waals surface area contributed by atoms with Gasteiger partial charge in [-0.1, -0.05) is 12.1 Å². The first kappa shape index (κ1) is 20.2. The fourth-order valence-corrected chi connectivity index (χ4v) is 2.99. The average molecular weight is 371 g/mol. The van der Waals surface area contributed by atoms with Crippen molar-refractivity contribution in [3.63, 3.8) is 0 Å². The summed E-state index contributed by atoms with van der Waals surface area (Å²) >= 11 is 0. The fourth-order valence-electron chi connectivity index (χ4n) is 2.99. The smallest absolute Gasteiger partial charge is 0.331 e. The zero-order valence-electron chi connectivity index (χ0n) is 14.7. The van der Waals surface area contributed by atoms with Crippen LogP contribution in [0.2, 0.25) is 0 Å². The zero-order chi connectivity index (χ0) is 19.2. The standard InChI is InChI=1S/C18H24F3N3O2/c1-2-24(17(26)18(19,20)21)12-14-4-3-5-15(10-14)23-16(25)7-6-13-8-9-22-11-13/h3-5,10,13,22H,2,6-9,11-12H2,1H3,(H,23,25). The first-order chi connectivity index (χ1) is 12.3. The molecule has 144 valence electrons. The average Bonchev–Trinajstić information content (AvgIpc) is 3.10. The Hall–Kier alpha value is -2.09. The van der Waals surface area contributed by atoms with Crippen LogP contribution in [0.3, 0.4) is 0 Å². The topological polar surface area (TPSA) is 61.4 Å². The van der Waals surface area contributed by atoms with Crippen LogP contribution in [0.5, 0.6) is 0 Å². The molecule has 2 N–H and O–H groups in total. The summed E-state index contributed by atoms with van der Waals surface area (Å²) in [4.78, 5) is 24.2. The van der Waals surface area contributed by atoms with E-state index in [1.165, 1.54) is 6.92 Å². The van der Waals surface area contributed by atoms with Gasteiger partial charge >= 0.3 is 12.1 Å². The molecule has 26 heavy (non-hydrogen) atoms. The molecule has 1 heterocycles. The van der Waals surface area contributed by atoms with Crippen LogP contribution in [0, 0.1) is 5.92 Å². The third-order valence-corrected chi connectivity index (χ3v) is 4.44. The molecule has 5 nitrogen and oxygen atoms in total. The largest absolute Gasteiger partial charge is 0.471 e. The van der Waals surface area contributed by atoms with Crippen molar-refractivity contribution in [2.75, 3.05) is 25.0 Å². The van der Waals surface area contributed by atoms with Gasteiger partial charge in [0.25, 0.3) is 0 Å². The quantitative estimate of drug-likeness (QED) is 0.775. The molecule has 1 aliphatic heterocycles. The molecule has 1 aromatic rings. The first-order valence-electron chi connectivity index (χ1n) is 8.75. The van der Waals surface area contributed by atoms with Crippen LogP contribution in [0.25, 0.3) is 0 Å². The molecule has 2 rings (SSSR count). The number of nitrogens with zero attached hydrogens (tertiary/aromatic N) is 1. The van der Waals surface area contributed by atoms with E-state index in [1.807, 2.05) is 0 Å². The lowest BCUT2D eigenvalue weighted by molar-refractivity contribution is -0.185. The third kappa shape index (κ3) is 6.01. The van der Waals surface area contributed by atoms with Crippen LogP contribution < -0.4 is 10.6 Å². The van der Waals surface area contributed by atoms with Gasteiger partial charge in [-0.3, -0.25) is 9.59 Å². The van der Waals surface area contributed by atoms with Gasteiger partial charge in [-0.15, -0.1) is 0 Å². The van der Waals surface area contributed by atoms with E-state index in [1.54, 1.807) is 24.3 Å². The molecule has 0 radical (unpaired) electrons. The normalized spacial score (nSPS) is 17.2. The van der Waals surface area contributed by atoms with Gasteiger partial charge in [-0.05, 0) is 56.5 Å². The Labute approximate surface area is 150 Å². The summed E-state index contributed by atoms with van der Waals surface area (Å²) in [5.74, 6) is -1.47. The Kier molecular flexibility index (Phi) is 7.02. The molecule has 1 atom stereocenters. The monoisotopic (exact) mass is 371 g/mol. The summed E-state index contributed by atoms with van der Waals surface area (Å²) < 4.78 is 37.8. The predicted molar refractivity (Wildman–Crippen MR) is 92.4 cm³/mol. The number of nitrogens with one attached hydrogen (secondary N) is 2. The zero-order valence-corrected chi connectivity index (χ0v) is 14.7. The molecule has 0 spiro atoms. The van der Waals surface area contributed by atoms with Gasteiger partial charge in [0.05, 0.1) is 0 Å². The van der Waals surface area contributed by atoms with E-state index >= 15 is 0 Å². The van der Waals surface area contributed by atoms with Crippen molar-refractivity contribution in [3.05, 3.63) is 29.8 Å². The van der Waals surface area contributed by atoms with E-state index in [0.29, 0.717) is 23.6 Å². The predicted octanol–water partition coefficient (Wildman–Crippen LogP) is 2.93. The maximum atomic E-state index is 12.6. The number of alkyl halides is 3. The molecular formula is C18H24F3N3O2. The highest BCUT2D eigenvalue weighted by atomic mass is 19.4. The number of halogens is 3. The molecule has 2 amide bonds. The molecule has 1 saturated heterocycles. The second-order valence-electron chi connectivity index (χ2n) is 6.46. The Morgan fingerprint density at radius 1 is 1.35 bits per heavy atom. The van der Waals surface area contributed by atoms with Crippen molar-refractivity contribution in [1.29, 1.82) is 0 Å². The molecule has 8 heteroatoms. The summed E-state index contributed by atoms with van der Waals surface area (Å²) in [6.07, 6.45) is -2.60. The van der Waals surface area contributed by atoms with E-state index in [2.05, 4.69) is 10.6 Å². The second-order valence-corrected chi connectivity index (χ2v) is 6.46. The highest BCUT2D eigenvalue weighted by Crippen LogP contribution is 2.21. The van der Waals surface area contributed by atoms with Crippen molar-refractivity contribution in [3.8, 4) is 0 Å². The number of anilines is 1. The van der Waals surface area contributed by atoms with Crippen LogP contribution in [0.1, 0.15) is 31.7 Å². The van der Waals surface area contributed by atoms with Gasteiger partial charge in [-0.2, -0.15) is 13.2 Å². The minimum atomic E-state index is -4.89. The highest BCUT2D eigenvalue weighted by Gasteiger charge is 2.41. The van der Waals surface area contributed by atoms with Crippen molar-refractivity contribution in [1.82, 2.24) is 10.2 Å². The molecule has 1 unspecified atom stereocenters. The summed E-state index contributed by atoms with van der Waals surface area (Å²) in [6, 6.07) is 6.56. The summed E-state index contributed by atoms with van der Waals surface area (Å²) in [7, 11) is 0. The van der Waals surface area contributed by atoms with Crippen molar-refractivity contribution in [2.45, 2.75) is 38.9 Å². The summed E-state index contributed by atoms with van der Waals surface area (Å²) in [6.45, 7) is 3.20.